The first-order valence-electron chi connectivity index (χ1n) is 9.69. The predicted octanol–water partition coefficient (Wildman–Crippen LogP) is 3.84. The van der Waals surface area contributed by atoms with Crippen LogP contribution in [0.2, 0.25) is 0 Å². The van der Waals surface area contributed by atoms with Crippen LogP contribution in [0.4, 0.5) is 5.00 Å². The minimum atomic E-state index is -1.02. The molecule has 2 amide bonds. The maximum absolute atomic E-state index is 13.1. The number of hydrogen-bond acceptors (Lipinski definition) is 6. The van der Waals surface area contributed by atoms with E-state index in [0.717, 1.165) is 36.1 Å². The van der Waals surface area contributed by atoms with Gasteiger partial charge in [-0.2, -0.15) is 0 Å². The number of carbonyl (C=O) groups is 3. The zero-order valence-electron chi connectivity index (χ0n) is 16.1. The number of aryl methyl sites for hydroxylation is 1. The number of anilines is 1. The van der Waals surface area contributed by atoms with Crippen molar-refractivity contribution < 1.29 is 14.4 Å². The second-order valence-corrected chi connectivity index (χ2v) is 9.09. The fraction of sp³-hybridized carbons (Fsp3) is 0.227. The highest BCUT2D eigenvalue weighted by molar-refractivity contribution is 7.16. The van der Waals surface area contributed by atoms with Gasteiger partial charge in [0.15, 0.2) is 6.17 Å². The Kier molecular flexibility index (Phi) is 5.96. The van der Waals surface area contributed by atoms with Crippen LogP contribution >= 0.6 is 22.7 Å². The summed E-state index contributed by atoms with van der Waals surface area (Å²) in [6, 6.07) is 12.2. The van der Waals surface area contributed by atoms with Gasteiger partial charge in [0.05, 0.1) is 10.4 Å². The summed E-state index contributed by atoms with van der Waals surface area (Å²) in [7, 11) is 0. The van der Waals surface area contributed by atoms with Crippen LogP contribution in [0.15, 0.2) is 47.8 Å². The molecule has 0 saturated carbocycles. The first-order valence-corrected chi connectivity index (χ1v) is 11.4. The molecule has 4 rings (SSSR count). The average Bonchev–Trinajstić information content (AvgIpc) is 3.41. The summed E-state index contributed by atoms with van der Waals surface area (Å²) in [6.45, 7) is 0. The lowest BCUT2D eigenvalue weighted by molar-refractivity contribution is 0.0871. The van der Waals surface area contributed by atoms with E-state index in [1.165, 1.54) is 22.7 Å². The zero-order chi connectivity index (χ0) is 21.1. The maximum Gasteiger partial charge on any atom is 0.253 e. The molecule has 1 atom stereocenters. The molecular formula is C22H21N3O3S2. The van der Waals surface area contributed by atoms with Crippen molar-refractivity contribution in [3.05, 3.63) is 74.3 Å². The normalized spacial score (nSPS) is 13.9. The average molecular weight is 440 g/mol. The lowest BCUT2D eigenvalue weighted by Crippen LogP contribution is -2.46. The van der Waals surface area contributed by atoms with Gasteiger partial charge in [-0.05, 0) is 54.8 Å². The number of carbonyl (C=O) groups excluding carboxylic acids is 3. The Bertz CT molecular complexity index is 1070. The van der Waals surface area contributed by atoms with Crippen molar-refractivity contribution in [3.8, 4) is 0 Å². The Hall–Kier alpha value is -2.97. The summed E-state index contributed by atoms with van der Waals surface area (Å²) in [4.78, 5) is 39.7. The predicted molar refractivity (Wildman–Crippen MR) is 119 cm³/mol. The van der Waals surface area contributed by atoms with Gasteiger partial charge in [0.2, 0.25) is 5.78 Å². The van der Waals surface area contributed by atoms with Crippen molar-refractivity contribution in [2.45, 2.75) is 31.8 Å². The summed E-state index contributed by atoms with van der Waals surface area (Å²) < 4.78 is 0. The Morgan fingerprint density at radius 3 is 2.47 bits per heavy atom. The van der Waals surface area contributed by atoms with E-state index in [2.05, 4.69) is 10.6 Å². The molecule has 0 saturated heterocycles. The number of amides is 2. The first kappa shape index (κ1) is 20.3. The Labute approximate surface area is 182 Å². The lowest BCUT2D eigenvalue weighted by atomic mass is 9.95. The quantitative estimate of drug-likeness (QED) is 0.385. The van der Waals surface area contributed by atoms with Gasteiger partial charge in [0, 0.05) is 10.4 Å². The summed E-state index contributed by atoms with van der Waals surface area (Å²) in [5.41, 5.74) is 7.54. The Morgan fingerprint density at radius 1 is 1.00 bits per heavy atom. The number of benzene rings is 1. The van der Waals surface area contributed by atoms with Gasteiger partial charge in [0.1, 0.15) is 5.00 Å². The molecule has 0 fully saturated rings. The van der Waals surface area contributed by atoms with E-state index < -0.39 is 12.1 Å². The Balaban J connectivity index is 1.67. The van der Waals surface area contributed by atoms with Crippen LogP contribution in [0.3, 0.4) is 0 Å². The molecule has 8 heteroatoms. The van der Waals surface area contributed by atoms with Gasteiger partial charge < -0.3 is 16.4 Å². The van der Waals surface area contributed by atoms with Gasteiger partial charge in [-0.25, -0.2) is 0 Å². The zero-order valence-corrected chi connectivity index (χ0v) is 17.8. The molecule has 6 nitrogen and oxygen atoms in total. The number of Topliss-reactive ketones (excluding diaryl/α,β-unsaturated/α-hetero) is 1. The van der Waals surface area contributed by atoms with E-state index >= 15 is 0 Å². The molecule has 0 unspecified atom stereocenters. The maximum atomic E-state index is 13.1. The standard InChI is InChI=1S/C22H21N3O3S2/c23-19(27)17-14-9-4-5-10-15(14)30-22(17)25-20(18(26)16-11-6-12-29-16)24-21(28)13-7-2-1-3-8-13/h1-3,6-8,11-12,20,25H,4-5,9-10H2,(H2,23,27)(H,24,28)/t20-/m1/s1. The molecule has 4 N–H and O–H groups in total. The number of primary amides is 1. The fourth-order valence-electron chi connectivity index (χ4n) is 3.59. The Morgan fingerprint density at radius 2 is 1.77 bits per heavy atom. The van der Waals surface area contributed by atoms with Crippen LogP contribution < -0.4 is 16.4 Å². The molecule has 30 heavy (non-hydrogen) atoms. The molecule has 3 aromatic rings. The molecule has 0 bridgehead atoms. The molecule has 0 radical (unpaired) electrons. The minimum Gasteiger partial charge on any atom is -0.365 e. The highest BCUT2D eigenvalue weighted by Crippen LogP contribution is 2.38. The van der Waals surface area contributed by atoms with Crippen molar-refractivity contribution in [1.29, 1.82) is 0 Å². The van der Waals surface area contributed by atoms with Gasteiger partial charge in [-0.15, -0.1) is 22.7 Å². The van der Waals surface area contributed by atoms with Crippen LogP contribution in [0.25, 0.3) is 0 Å². The van der Waals surface area contributed by atoms with E-state index in [1.807, 2.05) is 11.4 Å². The number of fused-ring (bicyclic) bond motifs is 1. The van der Waals surface area contributed by atoms with Crippen molar-refractivity contribution in [2.75, 3.05) is 5.32 Å². The highest BCUT2D eigenvalue weighted by atomic mass is 32.1. The van der Waals surface area contributed by atoms with Crippen LogP contribution in [0, 0.1) is 0 Å². The number of rotatable bonds is 7. The topological polar surface area (TPSA) is 101 Å². The number of hydrogen-bond donors (Lipinski definition) is 3. The van der Waals surface area contributed by atoms with E-state index in [-0.39, 0.29) is 11.7 Å². The molecule has 0 spiro atoms. The summed E-state index contributed by atoms with van der Waals surface area (Å²) in [5, 5.41) is 8.24. The summed E-state index contributed by atoms with van der Waals surface area (Å²) in [5.74, 6) is -1.16. The summed E-state index contributed by atoms with van der Waals surface area (Å²) >= 11 is 2.75. The van der Waals surface area contributed by atoms with Gasteiger partial charge in [0.25, 0.3) is 11.8 Å². The van der Waals surface area contributed by atoms with E-state index in [1.54, 1.807) is 36.4 Å². The smallest absolute Gasteiger partial charge is 0.253 e. The third-order valence-electron chi connectivity index (χ3n) is 5.03. The molecule has 1 aromatic carbocycles. The molecule has 1 aliphatic rings. The van der Waals surface area contributed by atoms with Crippen LogP contribution in [-0.2, 0) is 12.8 Å². The third kappa shape index (κ3) is 4.15. The molecule has 2 heterocycles. The largest absolute Gasteiger partial charge is 0.365 e. The fourth-order valence-corrected chi connectivity index (χ4v) is 5.61. The molecule has 154 valence electrons. The molecule has 0 aliphatic heterocycles. The van der Waals surface area contributed by atoms with E-state index in [0.29, 0.717) is 21.0 Å². The second kappa shape index (κ2) is 8.81. The molecule has 1 aliphatic carbocycles. The number of ketones is 1. The van der Waals surface area contributed by atoms with Crippen molar-refractivity contribution >= 4 is 45.3 Å². The number of nitrogens with two attached hydrogens (primary N) is 1. The van der Waals surface area contributed by atoms with Gasteiger partial charge in [-0.3, -0.25) is 14.4 Å². The number of thiophene rings is 2. The van der Waals surface area contributed by atoms with Crippen molar-refractivity contribution in [2.24, 2.45) is 5.73 Å². The van der Waals surface area contributed by atoms with Crippen molar-refractivity contribution in [3.63, 3.8) is 0 Å². The summed E-state index contributed by atoms with van der Waals surface area (Å²) in [6.07, 6.45) is 2.74. The van der Waals surface area contributed by atoms with Gasteiger partial charge >= 0.3 is 0 Å². The second-order valence-electron chi connectivity index (χ2n) is 7.04. The van der Waals surface area contributed by atoms with E-state index in [4.69, 9.17) is 5.73 Å². The number of nitrogens with one attached hydrogen (secondary N) is 2. The van der Waals surface area contributed by atoms with Gasteiger partial charge in [-0.1, -0.05) is 24.3 Å². The SMILES string of the molecule is NC(=O)c1c(N[C@@H](NC(=O)c2ccccc2)C(=O)c2cccs2)sc2c1CCCC2. The first-order chi connectivity index (χ1) is 14.5. The van der Waals surface area contributed by atoms with Crippen LogP contribution in [0.5, 0.6) is 0 Å². The molecule has 2 aromatic heterocycles. The highest BCUT2D eigenvalue weighted by Gasteiger charge is 2.29. The van der Waals surface area contributed by atoms with Crippen LogP contribution in [-0.4, -0.2) is 23.8 Å². The van der Waals surface area contributed by atoms with E-state index in [9.17, 15) is 14.4 Å². The minimum absolute atomic E-state index is 0.268. The van der Waals surface area contributed by atoms with Crippen molar-refractivity contribution in [1.82, 2.24) is 5.32 Å². The van der Waals surface area contributed by atoms with Crippen LogP contribution in [0.1, 0.15) is 53.7 Å². The third-order valence-corrected chi connectivity index (χ3v) is 7.14. The molecular weight excluding hydrogens is 418 g/mol. The lowest BCUT2D eigenvalue weighted by Gasteiger charge is -2.20. The monoisotopic (exact) mass is 439 g/mol.